The van der Waals surface area contributed by atoms with E-state index in [4.69, 9.17) is 5.84 Å². The van der Waals surface area contributed by atoms with Crippen LogP contribution in [0.1, 0.15) is 38.3 Å². The Morgan fingerprint density at radius 2 is 1.94 bits per heavy atom. The number of hydrogen-bond acceptors (Lipinski definition) is 5. The number of nitrogens with one attached hydrogen (secondary N) is 1. The average Bonchev–Trinajstić information content (AvgIpc) is 2.67. The van der Waals surface area contributed by atoms with Crippen LogP contribution in [0.25, 0.3) is 0 Å². The van der Waals surface area contributed by atoms with Crippen molar-refractivity contribution in [1.29, 1.82) is 0 Å². The number of aromatic nitrogens is 2. The number of anilines is 2. The van der Waals surface area contributed by atoms with E-state index < -0.39 is 0 Å². The average molecular weight is 235 g/mol. The molecule has 0 atom stereocenters. The third-order valence-corrected chi connectivity index (χ3v) is 3.17. The van der Waals surface area contributed by atoms with Crippen molar-refractivity contribution in [2.24, 2.45) is 5.84 Å². The standard InChI is InChI=1S/C12H21N5/c1-2-10-9-11(16-13)15-12(14-10)17-7-5-3-4-6-8-17/h9H,2-8,13H2,1H3,(H,14,15,16). The van der Waals surface area contributed by atoms with Gasteiger partial charge in [-0.1, -0.05) is 19.8 Å². The zero-order valence-electron chi connectivity index (χ0n) is 10.4. The first-order valence-electron chi connectivity index (χ1n) is 6.43. The zero-order chi connectivity index (χ0) is 12.1. The zero-order valence-corrected chi connectivity index (χ0v) is 10.4. The van der Waals surface area contributed by atoms with Gasteiger partial charge >= 0.3 is 0 Å². The molecule has 1 aromatic heterocycles. The van der Waals surface area contributed by atoms with Crippen molar-refractivity contribution in [2.75, 3.05) is 23.4 Å². The second-order valence-electron chi connectivity index (χ2n) is 4.44. The summed E-state index contributed by atoms with van der Waals surface area (Å²) in [6, 6.07) is 1.90. The van der Waals surface area contributed by atoms with E-state index in [9.17, 15) is 0 Å². The summed E-state index contributed by atoms with van der Waals surface area (Å²) in [5.74, 6) is 6.97. The first kappa shape index (κ1) is 12.1. The fraction of sp³-hybridized carbons (Fsp3) is 0.667. The van der Waals surface area contributed by atoms with Crippen LogP contribution in [-0.4, -0.2) is 23.1 Å². The summed E-state index contributed by atoms with van der Waals surface area (Å²) in [5, 5.41) is 0. The molecule has 0 saturated carbocycles. The molecule has 5 heteroatoms. The van der Waals surface area contributed by atoms with Crippen molar-refractivity contribution in [1.82, 2.24) is 9.97 Å². The Kier molecular flexibility index (Phi) is 4.14. The number of rotatable bonds is 3. The molecule has 1 aliphatic rings. The van der Waals surface area contributed by atoms with Crippen LogP contribution in [0.15, 0.2) is 6.07 Å². The molecule has 5 nitrogen and oxygen atoms in total. The van der Waals surface area contributed by atoms with Crippen molar-refractivity contribution in [2.45, 2.75) is 39.0 Å². The first-order chi connectivity index (χ1) is 8.33. The summed E-state index contributed by atoms with van der Waals surface area (Å²) in [7, 11) is 0. The molecular weight excluding hydrogens is 214 g/mol. The largest absolute Gasteiger partial charge is 0.341 e. The van der Waals surface area contributed by atoms with Crippen molar-refractivity contribution in [3.05, 3.63) is 11.8 Å². The minimum absolute atomic E-state index is 0.705. The molecule has 0 spiro atoms. The van der Waals surface area contributed by atoms with Gasteiger partial charge in [-0.05, 0) is 19.3 Å². The van der Waals surface area contributed by atoms with Crippen molar-refractivity contribution in [3.8, 4) is 0 Å². The van der Waals surface area contributed by atoms with Gasteiger partial charge in [-0.25, -0.2) is 10.8 Å². The molecule has 0 amide bonds. The molecule has 2 rings (SSSR count). The molecular formula is C12H21N5. The van der Waals surface area contributed by atoms with Crippen molar-refractivity contribution < 1.29 is 0 Å². The van der Waals surface area contributed by atoms with Gasteiger partial charge in [0.15, 0.2) is 0 Å². The third-order valence-electron chi connectivity index (χ3n) is 3.17. The molecule has 1 aromatic rings. The number of nitrogens with two attached hydrogens (primary N) is 1. The van der Waals surface area contributed by atoms with E-state index >= 15 is 0 Å². The Bertz CT molecular complexity index is 336. The Morgan fingerprint density at radius 3 is 2.53 bits per heavy atom. The van der Waals surface area contributed by atoms with Crippen molar-refractivity contribution in [3.63, 3.8) is 0 Å². The monoisotopic (exact) mass is 235 g/mol. The minimum Gasteiger partial charge on any atom is -0.341 e. The van der Waals surface area contributed by atoms with E-state index in [2.05, 4.69) is 27.2 Å². The molecule has 0 aliphatic carbocycles. The summed E-state index contributed by atoms with van der Waals surface area (Å²) in [5.41, 5.74) is 3.65. The van der Waals surface area contributed by atoms with Gasteiger partial charge in [-0.3, -0.25) is 0 Å². The molecule has 1 aliphatic heterocycles. The lowest BCUT2D eigenvalue weighted by atomic mass is 10.2. The minimum atomic E-state index is 0.705. The van der Waals surface area contributed by atoms with E-state index in [-0.39, 0.29) is 0 Å². The maximum Gasteiger partial charge on any atom is 0.227 e. The Labute approximate surface area is 102 Å². The van der Waals surface area contributed by atoms with Crippen LogP contribution >= 0.6 is 0 Å². The highest BCUT2D eigenvalue weighted by atomic mass is 15.3. The van der Waals surface area contributed by atoms with Gasteiger partial charge in [-0.15, -0.1) is 0 Å². The Balaban J connectivity index is 2.22. The topological polar surface area (TPSA) is 67.1 Å². The Hall–Kier alpha value is -1.36. The van der Waals surface area contributed by atoms with Gasteiger partial charge in [0.05, 0.1) is 0 Å². The molecule has 1 fully saturated rings. The SMILES string of the molecule is CCc1cc(NN)nc(N2CCCCCC2)n1. The first-order valence-corrected chi connectivity index (χ1v) is 6.43. The summed E-state index contributed by atoms with van der Waals surface area (Å²) in [6.45, 7) is 4.20. The predicted octanol–water partition coefficient (Wildman–Crippen LogP) is 1.71. The quantitative estimate of drug-likeness (QED) is 0.616. The second-order valence-corrected chi connectivity index (χ2v) is 4.44. The molecule has 0 bridgehead atoms. The third kappa shape index (κ3) is 3.06. The second kappa shape index (κ2) is 5.82. The molecule has 94 valence electrons. The summed E-state index contributed by atoms with van der Waals surface area (Å²) in [4.78, 5) is 11.3. The van der Waals surface area contributed by atoms with Gasteiger partial charge < -0.3 is 10.3 Å². The van der Waals surface area contributed by atoms with Crippen LogP contribution in [0.4, 0.5) is 11.8 Å². The van der Waals surface area contributed by atoms with Crippen LogP contribution in [0.3, 0.4) is 0 Å². The number of aryl methyl sites for hydroxylation is 1. The van der Waals surface area contributed by atoms with Crippen LogP contribution in [0.2, 0.25) is 0 Å². The number of nitrogen functional groups attached to an aromatic ring is 1. The molecule has 0 unspecified atom stereocenters. The van der Waals surface area contributed by atoms with Crippen LogP contribution in [-0.2, 0) is 6.42 Å². The highest BCUT2D eigenvalue weighted by Crippen LogP contribution is 2.18. The lowest BCUT2D eigenvalue weighted by Gasteiger charge is -2.21. The van der Waals surface area contributed by atoms with E-state index in [0.29, 0.717) is 5.82 Å². The predicted molar refractivity (Wildman–Crippen MR) is 69.9 cm³/mol. The van der Waals surface area contributed by atoms with Gasteiger partial charge in [0.25, 0.3) is 0 Å². The number of hydrogen-bond donors (Lipinski definition) is 2. The lowest BCUT2D eigenvalue weighted by molar-refractivity contribution is 0.726. The highest BCUT2D eigenvalue weighted by Gasteiger charge is 2.13. The molecule has 0 radical (unpaired) electrons. The van der Waals surface area contributed by atoms with Crippen LogP contribution in [0, 0.1) is 0 Å². The van der Waals surface area contributed by atoms with Gasteiger partial charge in [-0.2, -0.15) is 4.98 Å². The van der Waals surface area contributed by atoms with Crippen LogP contribution < -0.4 is 16.2 Å². The summed E-state index contributed by atoms with van der Waals surface area (Å²) in [6.07, 6.45) is 5.98. The molecule has 3 N–H and O–H groups in total. The smallest absolute Gasteiger partial charge is 0.227 e. The van der Waals surface area contributed by atoms with E-state index in [1.165, 1.54) is 25.7 Å². The molecule has 1 saturated heterocycles. The summed E-state index contributed by atoms with van der Waals surface area (Å²) < 4.78 is 0. The van der Waals surface area contributed by atoms with E-state index in [0.717, 1.165) is 31.2 Å². The maximum absolute atomic E-state index is 5.44. The number of nitrogens with zero attached hydrogens (tertiary/aromatic N) is 3. The van der Waals surface area contributed by atoms with E-state index in [1.807, 2.05) is 6.07 Å². The number of hydrazine groups is 1. The Morgan fingerprint density at radius 1 is 1.24 bits per heavy atom. The molecule has 17 heavy (non-hydrogen) atoms. The lowest BCUT2D eigenvalue weighted by Crippen LogP contribution is -2.27. The van der Waals surface area contributed by atoms with Gasteiger partial charge in [0, 0.05) is 24.8 Å². The molecule has 0 aromatic carbocycles. The molecule has 2 heterocycles. The van der Waals surface area contributed by atoms with Gasteiger partial charge in [0.1, 0.15) is 5.82 Å². The maximum atomic E-state index is 5.44. The normalized spacial score (nSPS) is 16.7. The van der Waals surface area contributed by atoms with Crippen molar-refractivity contribution >= 4 is 11.8 Å². The fourth-order valence-electron chi connectivity index (χ4n) is 2.15. The van der Waals surface area contributed by atoms with Gasteiger partial charge in [0.2, 0.25) is 5.95 Å². The van der Waals surface area contributed by atoms with E-state index in [1.54, 1.807) is 0 Å². The summed E-state index contributed by atoms with van der Waals surface area (Å²) >= 11 is 0. The highest BCUT2D eigenvalue weighted by molar-refractivity contribution is 5.43. The fourth-order valence-corrected chi connectivity index (χ4v) is 2.15. The van der Waals surface area contributed by atoms with Crippen LogP contribution in [0.5, 0.6) is 0 Å².